The molecule has 0 bridgehead atoms. The van der Waals surface area contributed by atoms with Gasteiger partial charge in [0.05, 0.1) is 0 Å². The van der Waals surface area contributed by atoms with Crippen LogP contribution < -0.4 is 0 Å². The lowest BCUT2D eigenvalue weighted by Gasteiger charge is -2.14. The van der Waals surface area contributed by atoms with E-state index in [0.717, 1.165) is 23.7 Å². The van der Waals surface area contributed by atoms with E-state index in [1.807, 2.05) is 36.4 Å². The fourth-order valence-electron chi connectivity index (χ4n) is 9.99. The standard InChI is InChI=1S/2C16H20.3C12H18.C10H8.C6H6.4C4H10/c1-11(2)13-5-7-16-10-14(12(3)4)6-8-15(16)9-13;1-11(2)13-7-5-10-16-14(12(3)4)8-6-9-15(13)16;1-9(2)11-5-7-12(8-6-11)10(3)4;1-9(2)11-6-5-7-12(8-11)10(3)4;1-9(2)11-7-5-6-8-12(11)10(3)4;1-2-6-10-8-4-3-7-9(10)5-1;1-2-4-6-5-3-1;4*1-4(2)3/h2*5-12H,1-4H3;3*5-10H,1-4H3;1-8H;1-6H;4*4H,1-3H3. The summed E-state index contributed by atoms with van der Waals surface area (Å²) in [5.41, 5.74) is 14.5. The highest BCUT2D eigenvalue weighted by Gasteiger charge is 2.11. The van der Waals surface area contributed by atoms with Gasteiger partial charge in [0, 0.05) is 0 Å². The van der Waals surface area contributed by atoms with Crippen molar-refractivity contribution in [2.45, 2.75) is 281 Å². The van der Waals surface area contributed by atoms with E-state index < -0.39 is 0 Å². The third kappa shape index (κ3) is 41.0. The molecule has 10 aromatic rings. The van der Waals surface area contributed by atoms with Crippen LogP contribution >= 0.6 is 0 Å². The number of fused-ring (bicyclic) bond motifs is 3. The highest BCUT2D eigenvalue weighted by molar-refractivity contribution is 5.89. The van der Waals surface area contributed by atoms with Gasteiger partial charge in [-0.1, -0.05) is 452 Å². The fourth-order valence-corrected chi connectivity index (χ4v) is 9.99. The van der Waals surface area contributed by atoms with E-state index in [2.05, 4.69) is 416 Å². The molecule has 0 amide bonds. The van der Waals surface area contributed by atoms with Gasteiger partial charge in [0.2, 0.25) is 0 Å². The van der Waals surface area contributed by atoms with E-state index in [1.54, 1.807) is 0 Å². The Kier molecular flexibility index (Phi) is 48.4. The molecule has 0 heterocycles. The zero-order valence-electron chi connectivity index (χ0n) is 70.0. The van der Waals surface area contributed by atoms with Crippen LogP contribution in [-0.2, 0) is 0 Å². The van der Waals surface area contributed by atoms with Gasteiger partial charge in [0.1, 0.15) is 0 Å². The monoisotopic (exact) mass is 1350 g/mol. The van der Waals surface area contributed by atoms with Crippen molar-refractivity contribution in [3.63, 3.8) is 0 Å². The van der Waals surface area contributed by atoms with Crippen LogP contribution in [0.3, 0.4) is 0 Å². The fraction of sp³-hybridized carbons (Fsp3) is 0.460. The summed E-state index contributed by atoms with van der Waals surface area (Å²) in [4.78, 5) is 0. The minimum absolute atomic E-state index is 0.589. The molecule has 0 aliphatic carbocycles. The molecule has 0 saturated heterocycles. The quantitative estimate of drug-likeness (QED) is 0.128. The Labute approximate surface area is 619 Å². The van der Waals surface area contributed by atoms with E-state index in [9.17, 15) is 0 Å². The summed E-state index contributed by atoms with van der Waals surface area (Å²) >= 11 is 0. The van der Waals surface area contributed by atoms with Gasteiger partial charge in [-0.25, -0.2) is 0 Å². The Morgan fingerprint density at radius 3 is 0.570 bits per heavy atom. The molecule has 10 rings (SSSR count). The topological polar surface area (TPSA) is 0 Å². The maximum atomic E-state index is 2.31. The van der Waals surface area contributed by atoms with E-state index in [4.69, 9.17) is 0 Å². The number of rotatable bonds is 10. The Morgan fingerprint density at radius 2 is 0.340 bits per heavy atom. The number of benzene rings is 10. The van der Waals surface area contributed by atoms with E-state index in [-0.39, 0.29) is 0 Å². The van der Waals surface area contributed by atoms with Crippen LogP contribution in [-0.4, -0.2) is 0 Å². The summed E-state index contributed by atoms with van der Waals surface area (Å²) in [6.45, 7) is 70.9. The molecule has 0 atom stereocenters. The zero-order valence-corrected chi connectivity index (χ0v) is 70.0. The Bertz CT molecular complexity index is 3310. The molecule has 0 N–H and O–H groups in total. The van der Waals surface area contributed by atoms with Crippen LogP contribution in [0.25, 0.3) is 32.3 Å². The van der Waals surface area contributed by atoms with Crippen molar-refractivity contribution in [3.8, 4) is 0 Å². The summed E-state index contributed by atoms with van der Waals surface area (Å²) in [6.07, 6.45) is 0. The van der Waals surface area contributed by atoms with Crippen LogP contribution in [0.5, 0.6) is 0 Å². The first kappa shape index (κ1) is 93.0. The second kappa shape index (κ2) is 52.0. The minimum Gasteiger partial charge on any atom is -0.0630 e. The van der Waals surface area contributed by atoms with Crippen molar-refractivity contribution < 1.29 is 0 Å². The first-order valence-corrected chi connectivity index (χ1v) is 38.7. The van der Waals surface area contributed by atoms with Crippen molar-refractivity contribution >= 4 is 32.3 Å². The van der Waals surface area contributed by atoms with Crippen LogP contribution in [0.4, 0.5) is 0 Å². The normalized spacial score (nSPS) is 10.7. The lowest BCUT2D eigenvalue weighted by atomic mass is 9.90. The SMILES string of the molecule is CC(C)C.CC(C)C.CC(C)C.CC(C)C.CC(C)c1ccc(C(C)C)cc1.CC(C)c1ccc2cc(C(C)C)ccc2c1.CC(C)c1cccc(C(C)C)c1.CC(C)c1cccc2c(C(C)C)cccc12.CC(C)c1ccccc1C(C)C.c1ccc2ccccc2c1.c1ccccc1. The van der Waals surface area contributed by atoms with Gasteiger partial charge >= 0.3 is 0 Å². The van der Waals surface area contributed by atoms with Gasteiger partial charge < -0.3 is 0 Å². The van der Waals surface area contributed by atoms with E-state index in [0.29, 0.717) is 59.2 Å². The first-order valence-electron chi connectivity index (χ1n) is 38.7. The van der Waals surface area contributed by atoms with Crippen LogP contribution in [0, 0.1) is 23.7 Å². The molecule has 10 aromatic carbocycles. The van der Waals surface area contributed by atoms with Crippen molar-refractivity contribution in [2.75, 3.05) is 0 Å². The molecule has 0 saturated carbocycles. The van der Waals surface area contributed by atoms with Crippen molar-refractivity contribution in [1.82, 2.24) is 0 Å². The Morgan fingerprint density at radius 1 is 0.140 bits per heavy atom. The average molecular weight is 1350 g/mol. The molecule has 0 unspecified atom stereocenters. The highest BCUT2D eigenvalue weighted by atomic mass is 14.2. The third-order valence-electron chi connectivity index (χ3n) is 15.5. The lowest BCUT2D eigenvalue weighted by Crippen LogP contribution is -1.97. The average Bonchev–Trinajstić information content (AvgIpc) is 0.797. The predicted molar refractivity (Wildman–Crippen MR) is 461 cm³/mol. The maximum absolute atomic E-state index is 2.31. The van der Waals surface area contributed by atoms with Crippen molar-refractivity contribution in [1.29, 1.82) is 0 Å². The largest absolute Gasteiger partial charge is 0.0630 e. The van der Waals surface area contributed by atoms with Gasteiger partial charge in [0.25, 0.3) is 0 Å². The number of hydrogen-bond acceptors (Lipinski definition) is 0. The summed E-state index contributed by atoms with van der Waals surface area (Å²) in [6, 6.07) is 82.2. The lowest BCUT2D eigenvalue weighted by molar-refractivity contribution is 0.736. The Balaban J connectivity index is 0.00000111. The second-order valence-electron chi connectivity index (χ2n) is 32.6. The second-order valence-corrected chi connectivity index (χ2v) is 32.6. The summed E-state index contributed by atoms with van der Waals surface area (Å²) in [5, 5.41) is 8.17. The minimum atomic E-state index is 0.589. The summed E-state index contributed by atoms with van der Waals surface area (Å²) in [5.74, 6) is 9.58. The van der Waals surface area contributed by atoms with Crippen molar-refractivity contribution in [3.05, 3.63) is 286 Å². The highest BCUT2D eigenvalue weighted by Crippen LogP contribution is 2.32. The molecule has 0 aliphatic rings. The Hall–Kier alpha value is -7.02. The summed E-state index contributed by atoms with van der Waals surface area (Å²) in [7, 11) is 0. The third-order valence-corrected chi connectivity index (χ3v) is 15.5. The molecule has 0 nitrogen and oxygen atoms in total. The smallest absolute Gasteiger partial charge is 0.0146 e. The zero-order chi connectivity index (χ0) is 76.2. The van der Waals surface area contributed by atoms with Gasteiger partial charge in [-0.2, -0.15) is 0 Å². The van der Waals surface area contributed by atoms with Gasteiger partial charge in [-0.3, -0.25) is 0 Å². The van der Waals surface area contributed by atoms with Crippen molar-refractivity contribution in [2.24, 2.45) is 23.7 Å². The molecule has 548 valence electrons. The molecule has 0 aromatic heterocycles. The van der Waals surface area contributed by atoms with Crippen LogP contribution in [0.2, 0.25) is 0 Å². The van der Waals surface area contributed by atoms with E-state index >= 15 is 0 Å². The molecule has 0 heteroatoms. The molecule has 0 radical (unpaired) electrons. The predicted octanol–water partition coefficient (Wildman–Crippen LogP) is 33.1. The van der Waals surface area contributed by atoms with Gasteiger partial charge in [0.15, 0.2) is 0 Å². The van der Waals surface area contributed by atoms with Gasteiger partial charge in [-0.15, -0.1) is 0 Å². The van der Waals surface area contributed by atoms with Gasteiger partial charge in [-0.05, 0) is 171 Å². The molecular weight excluding hydrogens is 1200 g/mol. The molecule has 0 aliphatic heterocycles. The molecule has 0 spiro atoms. The molecule has 100 heavy (non-hydrogen) atoms. The van der Waals surface area contributed by atoms with Crippen LogP contribution in [0.1, 0.15) is 336 Å². The molecular formula is C100H148. The number of hydrogen-bond donors (Lipinski definition) is 0. The first-order chi connectivity index (χ1) is 46.9. The molecule has 0 fully saturated rings. The van der Waals surface area contributed by atoms with E-state index in [1.165, 1.54) is 88.0 Å². The van der Waals surface area contributed by atoms with Crippen LogP contribution in [0.15, 0.2) is 231 Å². The summed E-state index contributed by atoms with van der Waals surface area (Å²) < 4.78 is 0. The maximum Gasteiger partial charge on any atom is -0.0146 e.